The van der Waals surface area contributed by atoms with Gasteiger partial charge >= 0.3 is 6.03 Å². The maximum Gasteiger partial charge on any atom is 0.323 e. The highest BCUT2D eigenvalue weighted by molar-refractivity contribution is 6.00. The SMILES string of the molecule is CCOc1cc(=O)n(C)cc1-c1cc(NC(=O)Nc2cc(C)cc(C)c2)ccc1Oc1ccc(F)cc1F. The summed E-state index contributed by atoms with van der Waals surface area (Å²) in [5.74, 6) is -1.31. The molecular weight excluding hydrogens is 492 g/mol. The second kappa shape index (κ2) is 11.2. The molecule has 0 unspecified atom stereocenters. The second-order valence-electron chi connectivity index (χ2n) is 8.78. The molecule has 4 rings (SSSR count). The summed E-state index contributed by atoms with van der Waals surface area (Å²) in [6.45, 7) is 5.95. The lowest BCUT2D eigenvalue weighted by atomic mass is 10.0. The standard InChI is InChI=1S/C29H27F2N3O4/c1-5-37-27-15-28(35)34(4)16-23(27)22-14-20(32-29(36)33-21-11-17(2)10-18(3)12-21)7-9-25(22)38-26-8-6-19(30)13-24(26)31/h6-16H,5H2,1-4H3,(H2,32,33,36). The normalized spacial score (nSPS) is 10.7. The summed E-state index contributed by atoms with van der Waals surface area (Å²) in [4.78, 5) is 25.1. The maximum absolute atomic E-state index is 14.4. The average molecular weight is 520 g/mol. The van der Waals surface area contributed by atoms with Crippen molar-refractivity contribution in [2.75, 3.05) is 17.2 Å². The Balaban J connectivity index is 1.74. The number of nitrogens with one attached hydrogen (secondary N) is 2. The third-order valence-electron chi connectivity index (χ3n) is 5.61. The van der Waals surface area contributed by atoms with Crippen molar-refractivity contribution in [1.29, 1.82) is 0 Å². The van der Waals surface area contributed by atoms with Crippen molar-refractivity contribution in [3.05, 3.63) is 100.0 Å². The largest absolute Gasteiger partial charge is 0.493 e. The van der Waals surface area contributed by atoms with Crippen LogP contribution in [0.1, 0.15) is 18.1 Å². The molecule has 0 aliphatic heterocycles. The third kappa shape index (κ3) is 6.18. The molecule has 4 aromatic rings. The van der Waals surface area contributed by atoms with Gasteiger partial charge < -0.3 is 24.7 Å². The van der Waals surface area contributed by atoms with Gasteiger partial charge in [0.2, 0.25) is 0 Å². The van der Waals surface area contributed by atoms with E-state index in [1.54, 1.807) is 38.4 Å². The molecule has 1 heterocycles. The first kappa shape index (κ1) is 26.4. The van der Waals surface area contributed by atoms with Gasteiger partial charge in [0.25, 0.3) is 5.56 Å². The molecule has 0 radical (unpaired) electrons. The topological polar surface area (TPSA) is 81.6 Å². The molecule has 38 heavy (non-hydrogen) atoms. The number of aryl methyl sites for hydroxylation is 3. The molecule has 3 aromatic carbocycles. The molecule has 2 amide bonds. The van der Waals surface area contributed by atoms with Crippen LogP contribution in [0, 0.1) is 25.5 Å². The van der Waals surface area contributed by atoms with E-state index in [1.807, 2.05) is 32.0 Å². The molecule has 7 nitrogen and oxygen atoms in total. The summed E-state index contributed by atoms with van der Waals surface area (Å²) >= 11 is 0. The Hall–Kier alpha value is -4.66. The number of nitrogens with zero attached hydrogens (tertiary/aromatic N) is 1. The van der Waals surface area contributed by atoms with Crippen molar-refractivity contribution in [2.24, 2.45) is 7.05 Å². The summed E-state index contributed by atoms with van der Waals surface area (Å²) < 4.78 is 40.7. The van der Waals surface area contributed by atoms with E-state index in [9.17, 15) is 18.4 Å². The fourth-order valence-corrected chi connectivity index (χ4v) is 4.01. The van der Waals surface area contributed by atoms with Gasteiger partial charge in [0.05, 0.1) is 6.61 Å². The predicted octanol–water partition coefficient (Wildman–Crippen LogP) is 6.78. The number of anilines is 2. The van der Waals surface area contributed by atoms with Gasteiger partial charge in [0, 0.05) is 47.9 Å². The minimum Gasteiger partial charge on any atom is -0.493 e. The van der Waals surface area contributed by atoms with E-state index in [1.165, 1.54) is 16.7 Å². The highest BCUT2D eigenvalue weighted by Crippen LogP contribution is 2.40. The van der Waals surface area contributed by atoms with Crippen LogP contribution in [-0.4, -0.2) is 17.2 Å². The molecule has 0 atom stereocenters. The zero-order chi connectivity index (χ0) is 27.4. The first-order valence-electron chi connectivity index (χ1n) is 11.9. The van der Waals surface area contributed by atoms with Gasteiger partial charge in [-0.05, 0) is 74.4 Å². The van der Waals surface area contributed by atoms with Crippen molar-refractivity contribution in [2.45, 2.75) is 20.8 Å². The van der Waals surface area contributed by atoms with Crippen molar-refractivity contribution in [3.8, 4) is 28.4 Å². The van der Waals surface area contributed by atoms with Crippen LogP contribution in [0.25, 0.3) is 11.1 Å². The Morgan fingerprint density at radius 2 is 1.53 bits per heavy atom. The molecular formula is C29H27F2N3O4. The Morgan fingerprint density at radius 3 is 2.21 bits per heavy atom. The molecule has 0 spiro atoms. The Labute approximate surface area is 218 Å². The summed E-state index contributed by atoms with van der Waals surface area (Å²) in [5.41, 5.74) is 3.67. The van der Waals surface area contributed by atoms with Gasteiger partial charge in [-0.1, -0.05) is 6.07 Å². The number of urea groups is 1. The number of pyridine rings is 1. The van der Waals surface area contributed by atoms with E-state index in [4.69, 9.17) is 9.47 Å². The Kier molecular flexibility index (Phi) is 7.76. The highest BCUT2D eigenvalue weighted by atomic mass is 19.1. The van der Waals surface area contributed by atoms with Crippen LogP contribution in [0.4, 0.5) is 25.0 Å². The van der Waals surface area contributed by atoms with Crippen LogP contribution in [-0.2, 0) is 7.05 Å². The maximum atomic E-state index is 14.4. The minimum atomic E-state index is -0.878. The van der Waals surface area contributed by atoms with E-state index < -0.39 is 17.7 Å². The van der Waals surface area contributed by atoms with Gasteiger partial charge in [-0.2, -0.15) is 0 Å². The van der Waals surface area contributed by atoms with Gasteiger partial charge in [0.15, 0.2) is 11.6 Å². The lowest BCUT2D eigenvalue weighted by Gasteiger charge is -2.17. The van der Waals surface area contributed by atoms with Gasteiger partial charge in [-0.25, -0.2) is 13.6 Å². The van der Waals surface area contributed by atoms with Gasteiger partial charge in [-0.15, -0.1) is 0 Å². The first-order chi connectivity index (χ1) is 18.1. The smallest absolute Gasteiger partial charge is 0.323 e. The van der Waals surface area contributed by atoms with E-state index in [2.05, 4.69) is 10.6 Å². The number of amides is 2. The fourth-order valence-electron chi connectivity index (χ4n) is 4.01. The number of hydrogen-bond donors (Lipinski definition) is 2. The van der Waals surface area contributed by atoms with Crippen LogP contribution >= 0.6 is 0 Å². The Morgan fingerprint density at radius 1 is 0.842 bits per heavy atom. The molecule has 0 bridgehead atoms. The molecule has 1 aromatic heterocycles. The average Bonchev–Trinajstić information content (AvgIpc) is 2.83. The number of hydrogen-bond acceptors (Lipinski definition) is 4. The van der Waals surface area contributed by atoms with Crippen LogP contribution in [0.3, 0.4) is 0 Å². The third-order valence-corrected chi connectivity index (χ3v) is 5.61. The van der Waals surface area contributed by atoms with Crippen LogP contribution < -0.4 is 25.7 Å². The molecule has 196 valence electrons. The molecule has 0 saturated carbocycles. The molecule has 0 fully saturated rings. The monoisotopic (exact) mass is 519 g/mol. The van der Waals surface area contributed by atoms with Crippen molar-refractivity contribution >= 4 is 17.4 Å². The first-order valence-corrected chi connectivity index (χ1v) is 11.9. The summed E-state index contributed by atoms with van der Waals surface area (Å²) in [5, 5.41) is 5.60. The second-order valence-corrected chi connectivity index (χ2v) is 8.78. The summed E-state index contributed by atoms with van der Waals surface area (Å²) in [6, 6.07) is 14.3. The zero-order valence-electron chi connectivity index (χ0n) is 21.4. The fraction of sp³-hybridized carbons (Fsp3) is 0.172. The van der Waals surface area contributed by atoms with Gasteiger partial charge in [-0.3, -0.25) is 4.79 Å². The van der Waals surface area contributed by atoms with Crippen molar-refractivity contribution in [1.82, 2.24) is 4.57 Å². The number of rotatable bonds is 7. The number of carbonyl (C=O) groups is 1. The zero-order valence-corrected chi connectivity index (χ0v) is 21.4. The minimum absolute atomic E-state index is 0.191. The van der Waals surface area contributed by atoms with E-state index in [-0.39, 0.29) is 22.8 Å². The molecule has 0 aliphatic carbocycles. The molecule has 2 N–H and O–H groups in total. The van der Waals surface area contributed by atoms with Crippen LogP contribution in [0.2, 0.25) is 0 Å². The van der Waals surface area contributed by atoms with E-state index >= 15 is 0 Å². The number of ether oxygens (including phenoxy) is 2. The van der Waals surface area contributed by atoms with Gasteiger partial charge in [0.1, 0.15) is 17.3 Å². The summed E-state index contributed by atoms with van der Waals surface area (Å²) in [7, 11) is 1.58. The molecule has 0 aliphatic rings. The van der Waals surface area contributed by atoms with Crippen molar-refractivity contribution in [3.63, 3.8) is 0 Å². The van der Waals surface area contributed by atoms with E-state index in [0.717, 1.165) is 23.3 Å². The number of benzene rings is 3. The van der Waals surface area contributed by atoms with Crippen LogP contribution in [0.5, 0.6) is 17.2 Å². The predicted molar refractivity (Wildman–Crippen MR) is 143 cm³/mol. The summed E-state index contributed by atoms with van der Waals surface area (Å²) in [6.07, 6.45) is 1.57. The lowest BCUT2D eigenvalue weighted by molar-refractivity contribution is 0.262. The Bertz CT molecular complexity index is 1550. The molecule has 9 heteroatoms. The van der Waals surface area contributed by atoms with Crippen LogP contribution in [0.15, 0.2) is 71.7 Å². The van der Waals surface area contributed by atoms with E-state index in [0.29, 0.717) is 29.1 Å². The quantitative estimate of drug-likeness (QED) is 0.282. The lowest BCUT2D eigenvalue weighted by Crippen LogP contribution is -2.19. The number of carbonyl (C=O) groups excluding carboxylic acids is 1. The highest BCUT2D eigenvalue weighted by Gasteiger charge is 2.18. The van der Waals surface area contributed by atoms with Crippen molar-refractivity contribution < 1.29 is 23.0 Å². The number of aromatic nitrogens is 1. The molecule has 0 saturated heterocycles. The number of halogens is 2.